The zero-order chi connectivity index (χ0) is 15.2. The minimum absolute atomic E-state index is 0.195. The summed E-state index contributed by atoms with van der Waals surface area (Å²) in [4.78, 5) is 0. The van der Waals surface area contributed by atoms with Crippen LogP contribution >= 0.6 is 0 Å². The molecule has 0 unspecified atom stereocenters. The monoisotopic (exact) mass is 282 g/mol. The third-order valence-electron chi connectivity index (χ3n) is 4.19. The van der Waals surface area contributed by atoms with E-state index in [9.17, 15) is 0 Å². The highest BCUT2D eigenvalue weighted by atomic mass is 16.2. The summed E-state index contributed by atoms with van der Waals surface area (Å²) >= 11 is 0. The molecule has 0 aliphatic rings. The number of aliphatic hydroxyl groups is 1. The van der Waals surface area contributed by atoms with E-state index in [2.05, 4.69) is 27.7 Å². The molecule has 0 amide bonds. The van der Waals surface area contributed by atoms with Gasteiger partial charge in [-0.25, -0.2) is 0 Å². The second kappa shape index (κ2) is 13.7. The Bertz CT molecular complexity index is 230. The number of hydrogen-bond acceptors (Lipinski definition) is 1. The van der Waals surface area contributed by atoms with Gasteiger partial charge in [-0.15, -0.1) is 0 Å². The van der Waals surface area contributed by atoms with Crippen LogP contribution in [0, 0.1) is 11.8 Å². The summed E-state index contributed by atoms with van der Waals surface area (Å²) in [6.45, 7) is 9.38. The molecule has 0 fully saturated rings. The standard InChI is InChI=1S/C19H38O/c1-17(2)11-10-14-18(3)12-8-6-5-7-9-13-19(4)15-16-20/h15,17-18,20H,5-14,16H2,1-4H3/b19-15+/t18-/m1/s1. The van der Waals surface area contributed by atoms with E-state index in [0.717, 1.165) is 18.3 Å². The lowest BCUT2D eigenvalue weighted by atomic mass is 9.95. The molecule has 0 saturated heterocycles. The summed E-state index contributed by atoms with van der Waals surface area (Å²) in [5.74, 6) is 1.79. The number of rotatable bonds is 13. The van der Waals surface area contributed by atoms with Gasteiger partial charge in [0.25, 0.3) is 0 Å². The average molecular weight is 283 g/mol. The molecular weight excluding hydrogens is 244 g/mol. The van der Waals surface area contributed by atoms with E-state index >= 15 is 0 Å². The van der Waals surface area contributed by atoms with Gasteiger partial charge in [-0.3, -0.25) is 0 Å². The Labute approximate surface area is 127 Å². The van der Waals surface area contributed by atoms with E-state index < -0.39 is 0 Å². The van der Waals surface area contributed by atoms with Crippen molar-refractivity contribution in [1.29, 1.82) is 0 Å². The number of allylic oxidation sites excluding steroid dienone is 1. The highest BCUT2D eigenvalue weighted by Gasteiger charge is 2.03. The molecule has 0 rings (SSSR count). The molecular formula is C19H38O. The Morgan fingerprint density at radius 3 is 2.10 bits per heavy atom. The lowest BCUT2D eigenvalue weighted by molar-refractivity contribution is 0.341. The van der Waals surface area contributed by atoms with Gasteiger partial charge in [0.2, 0.25) is 0 Å². The predicted molar refractivity (Wildman–Crippen MR) is 91.0 cm³/mol. The van der Waals surface area contributed by atoms with E-state index in [1.165, 1.54) is 63.4 Å². The van der Waals surface area contributed by atoms with Crippen molar-refractivity contribution in [2.75, 3.05) is 6.61 Å². The minimum atomic E-state index is 0.195. The van der Waals surface area contributed by atoms with Crippen LogP contribution in [0.4, 0.5) is 0 Å². The van der Waals surface area contributed by atoms with Crippen LogP contribution in [0.1, 0.15) is 91.9 Å². The van der Waals surface area contributed by atoms with Crippen molar-refractivity contribution in [1.82, 2.24) is 0 Å². The van der Waals surface area contributed by atoms with E-state index in [-0.39, 0.29) is 6.61 Å². The van der Waals surface area contributed by atoms with Crippen molar-refractivity contribution in [3.05, 3.63) is 11.6 Å². The zero-order valence-corrected chi connectivity index (χ0v) is 14.5. The van der Waals surface area contributed by atoms with Gasteiger partial charge in [-0.05, 0) is 31.6 Å². The molecule has 1 atom stereocenters. The Hall–Kier alpha value is -0.300. The molecule has 0 aromatic heterocycles. The summed E-state index contributed by atoms with van der Waals surface area (Å²) in [5.41, 5.74) is 1.34. The smallest absolute Gasteiger partial charge is 0.0614 e. The molecule has 1 heteroatoms. The molecule has 20 heavy (non-hydrogen) atoms. The van der Waals surface area contributed by atoms with Crippen LogP contribution in [-0.4, -0.2) is 11.7 Å². The van der Waals surface area contributed by atoms with Crippen molar-refractivity contribution in [2.45, 2.75) is 91.9 Å². The summed E-state index contributed by atoms with van der Waals surface area (Å²) in [6, 6.07) is 0. The zero-order valence-electron chi connectivity index (χ0n) is 14.5. The largest absolute Gasteiger partial charge is 0.392 e. The van der Waals surface area contributed by atoms with Gasteiger partial charge in [0.15, 0.2) is 0 Å². The quantitative estimate of drug-likeness (QED) is 0.319. The van der Waals surface area contributed by atoms with Gasteiger partial charge in [-0.1, -0.05) is 83.8 Å². The molecule has 120 valence electrons. The number of unbranched alkanes of at least 4 members (excludes halogenated alkanes) is 4. The molecule has 1 N–H and O–H groups in total. The van der Waals surface area contributed by atoms with E-state index in [1.54, 1.807) is 0 Å². The number of aliphatic hydroxyl groups excluding tert-OH is 1. The summed E-state index contributed by atoms with van der Waals surface area (Å²) < 4.78 is 0. The predicted octanol–water partition coefficient (Wildman–Crippen LogP) is 6.12. The van der Waals surface area contributed by atoms with Gasteiger partial charge in [0.1, 0.15) is 0 Å². The van der Waals surface area contributed by atoms with Gasteiger partial charge in [-0.2, -0.15) is 0 Å². The molecule has 0 heterocycles. The first-order chi connectivity index (χ1) is 9.56. The molecule has 0 bridgehead atoms. The first-order valence-corrected chi connectivity index (χ1v) is 8.82. The fraction of sp³-hybridized carbons (Fsp3) is 0.895. The van der Waals surface area contributed by atoms with Crippen LogP contribution in [0.15, 0.2) is 11.6 Å². The Balaban J connectivity index is 3.29. The van der Waals surface area contributed by atoms with Gasteiger partial charge in [0, 0.05) is 0 Å². The lowest BCUT2D eigenvalue weighted by Crippen LogP contribution is -1.97. The molecule has 0 spiro atoms. The molecule has 0 saturated carbocycles. The van der Waals surface area contributed by atoms with Crippen LogP contribution in [0.2, 0.25) is 0 Å². The van der Waals surface area contributed by atoms with Crippen molar-refractivity contribution < 1.29 is 5.11 Å². The topological polar surface area (TPSA) is 20.2 Å². The first kappa shape index (κ1) is 19.7. The molecule has 0 aromatic carbocycles. The van der Waals surface area contributed by atoms with Crippen molar-refractivity contribution >= 4 is 0 Å². The Morgan fingerprint density at radius 1 is 0.850 bits per heavy atom. The Kier molecular flexibility index (Phi) is 13.5. The lowest BCUT2D eigenvalue weighted by Gasteiger charge is -2.12. The third-order valence-corrected chi connectivity index (χ3v) is 4.19. The number of hydrogen-bond donors (Lipinski definition) is 1. The van der Waals surface area contributed by atoms with Crippen molar-refractivity contribution in [2.24, 2.45) is 11.8 Å². The Morgan fingerprint density at radius 2 is 1.45 bits per heavy atom. The molecule has 0 aliphatic carbocycles. The molecule has 0 radical (unpaired) electrons. The fourth-order valence-corrected chi connectivity index (χ4v) is 2.70. The van der Waals surface area contributed by atoms with Crippen molar-refractivity contribution in [3.8, 4) is 0 Å². The molecule has 1 nitrogen and oxygen atoms in total. The fourth-order valence-electron chi connectivity index (χ4n) is 2.70. The van der Waals surface area contributed by atoms with Crippen LogP contribution in [0.5, 0.6) is 0 Å². The van der Waals surface area contributed by atoms with Crippen LogP contribution in [0.25, 0.3) is 0 Å². The van der Waals surface area contributed by atoms with Crippen LogP contribution < -0.4 is 0 Å². The van der Waals surface area contributed by atoms with Crippen molar-refractivity contribution in [3.63, 3.8) is 0 Å². The highest BCUT2D eigenvalue weighted by Crippen LogP contribution is 2.19. The van der Waals surface area contributed by atoms with Gasteiger partial charge >= 0.3 is 0 Å². The average Bonchev–Trinajstić information content (AvgIpc) is 2.37. The normalized spacial score (nSPS) is 14.0. The maximum atomic E-state index is 8.78. The van der Waals surface area contributed by atoms with Crippen LogP contribution in [0.3, 0.4) is 0 Å². The highest BCUT2D eigenvalue weighted by molar-refractivity contribution is 4.97. The van der Waals surface area contributed by atoms with E-state index in [4.69, 9.17) is 5.11 Å². The van der Waals surface area contributed by atoms with E-state index in [0.29, 0.717) is 0 Å². The maximum absolute atomic E-state index is 8.78. The second-order valence-corrected chi connectivity index (χ2v) is 6.97. The van der Waals surface area contributed by atoms with E-state index in [1.807, 2.05) is 6.08 Å². The van der Waals surface area contributed by atoms with Gasteiger partial charge < -0.3 is 5.11 Å². The SMILES string of the molecule is C/C(=C\CO)CCCCCCC[C@@H](C)CCCC(C)C. The first-order valence-electron chi connectivity index (χ1n) is 8.82. The summed E-state index contributed by atoms with van der Waals surface area (Å²) in [7, 11) is 0. The van der Waals surface area contributed by atoms with Gasteiger partial charge in [0.05, 0.1) is 6.61 Å². The summed E-state index contributed by atoms with van der Waals surface area (Å²) in [5, 5.41) is 8.78. The second-order valence-electron chi connectivity index (χ2n) is 6.97. The van der Waals surface area contributed by atoms with Crippen LogP contribution in [-0.2, 0) is 0 Å². The molecule has 0 aliphatic heterocycles. The molecule has 0 aromatic rings. The minimum Gasteiger partial charge on any atom is -0.392 e. The summed E-state index contributed by atoms with van der Waals surface area (Å²) in [6.07, 6.45) is 15.6. The maximum Gasteiger partial charge on any atom is 0.0614 e. The third kappa shape index (κ3) is 14.1.